The molecule has 0 aromatic heterocycles. The van der Waals surface area contributed by atoms with Gasteiger partial charge in [-0.3, -0.25) is 18.6 Å². The Hall–Kier alpha value is -2.33. The third-order valence-corrected chi connectivity index (χ3v) is 9.06. The van der Waals surface area contributed by atoms with E-state index < -0.39 is 32.5 Å². The van der Waals surface area contributed by atoms with Crippen molar-refractivity contribution < 1.29 is 42.7 Å². The normalized spacial score (nSPS) is 14.6. The number of aliphatic hydroxyl groups is 1. The predicted molar refractivity (Wildman–Crippen MR) is 212 cm³/mol. The van der Waals surface area contributed by atoms with E-state index in [9.17, 15) is 24.2 Å². The summed E-state index contributed by atoms with van der Waals surface area (Å²) in [4.78, 5) is 34.7. The van der Waals surface area contributed by atoms with Gasteiger partial charge in [0.25, 0.3) is 0 Å². The zero-order valence-corrected chi connectivity index (χ0v) is 33.3. The average Bonchev–Trinajstić information content (AvgIpc) is 3.13. The molecule has 300 valence electrons. The van der Waals surface area contributed by atoms with Crippen LogP contribution in [0.25, 0.3) is 0 Å². The third-order valence-electron chi connectivity index (χ3n) is 8.08. The topological polar surface area (TPSA) is 155 Å². The maximum Gasteiger partial charge on any atom is 0.472 e. The first-order valence-electron chi connectivity index (χ1n) is 19.9. The molecule has 11 heteroatoms. The molecular formula is C41H72NO9P. The maximum absolute atomic E-state index is 12.5. The molecule has 3 atom stereocenters. The molecule has 0 saturated carbocycles. The second-order valence-electron chi connectivity index (χ2n) is 13.0. The Kier molecular flexibility index (Phi) is 35.3. The number of unbranched alkanes of at least 4 members (excludes halogenated alkanes) is 13. The summed E-state index contributed by atoms with van der Waals surface area (Å²) >= 11 is 0. The lowest BCUT2D eigenvalue weighted by molar-refractivity contribution is -0.161. The second kappa shape index (κ2) is 37.0. The van der Waals surface area contributed by atoms with Crippen molar-refractivity contribution in [2.45, 2.75) is 161 Å². The molecule has 52 heavy (non-hydrogen) atoms. The zero-order valence-electron chi connectivity index (χ0n) is 32.4. The first-order valence-corrected chi connectivity index (χ1v) is 21.4. The summed E-state index contributed by atoms with van der Waals surface area (Å²) in [5, 5.41) is 9.46. The van der Waals surface area contributed by atoms with E-state index >= 15 is 0 Å². The van der Waals surface area contributed by atoms with Crippen LogP contribution >= 0.6 is 7.82 Å². The fourth-order valence-corrected chi connectivity index (χ4v) is 5.74. The summed E-state index contributed by atoms with van der Waals surface area (Å²) in [6, 6.07) is 0. The fraction of sp³-hybridized carbons (Fsp3) is 0.707. The summed E-state index contributed by atoms with van der Waals surface area (Å²) in [6.45, 7) is 3.30. The Labute approximate surface area is 315 Å². The summed E-state index contributed by atoms with van der Waals surface area (Å²) in [6.07, 6.45) is 39.2. The van der Waals surface area contributed by atoms with E-state index in [4.69, 9.17) is 24.3 Å². The molecule has 0 aromatic rings. The summed E-state index contributed by atoms with van der Waals surface area (Å²) in [7, 11) is -4.40. The summed E-state index contributed by atoms with van der Waals surface area (Å²) < 4.78 is 32.6. The molecule has 3 unspecified atom stereocenters. The first kappa shape index (κ1) is 49.7. The highest BCUT2D eigenvalue weighted by Crippen LogP contribution is 2.43. The molecule has 0 aliphatic rings. The number of esters is 2. The number of phosphoric acid groups is 1. The van der Waals surface area contributed by atoms with Gasteiger partial charge < -0.3 is 25.2 Å². The molecule has 0 aromatic carbocycles. The predicted octanol–water partition coefficient (Wildman–Crippen LogP) is 9.91. The number of nitrogens with two attached hydrogens (primary N) is 1. The van der Waals surface area contributed by atoms with Crippen LogP contribution in [-0.4, -0.2) is 60.5 Å². The highest BCUT2D eigenvalue weighted by atomic mass is 31.2. The quantitative estimate of drug-likeness (QED) is 0.0185. The smallest absolute Gasteiger partial charge is 0.462 e. The molecule has 0 radical (unpaired) electrons. The Morgan fingerprint density at radius 2 is 1.21 bits per heavy atom. The number of aliphatic hydroxyl groups excluding tert-OH is 1. The first-order chi connectivity index (χ1) is 25.2. The Balaban J connectivity index is 4.34. The van der Waals surface area contributed by atoms with Gasteiger partial charge in [0.1, 0.15) is 6.61 Å². The minimum absolute atomic E-state index is 0.0366. The molecule has 0 bridgehead atoms. The maximum atomic E-state index is 12.5. The fourth-order valence-electron chi connectivity index (χ4n) is 4.97. The van der Waals surface area contributed by atoms with Crippen LogP contribution in [0.2, 0.25) is 0 Å². The Bertz CT molecular complexity index is 1060. The third kappa shape index (κ3) is 36.0. The van der Waals surface area contributed by atoms with Gasteiger partial charge in [-0.25, -0.2) is 4.57 Å². The number of carbonyl (C=O) groups excluding carboxylic acids is 2. The average molecular weight is 754 g/mol. The lowest BCUT2D eigenvalue weighted by atomic mass is 10.0. The van der Waals surface area contributed by atoms with Gasteiger partial charge in [-0.2, -0.15) is 0 Å². The van der Waals surface area contributed by atoms with Crippen LogP contribution in [0.1, 0.15) is 149 Å². The molecule has 10 nitrogen and oxygen atoms in total. The van der Waals surface area contributed by atoms with Crippen molar-refractivity contribution >= 4 is 19.8 Å². The van der Waals surface area contributed by atoms with Gasteiger partial charge in [0, 0.05) is 19.4 Å². The molecule has 0 saturated heterocycles. The van der Waals surface area contributed by atoms with E-state index in [1.807, 2.05) is 37.3 Å². The van der Waals surface area contributed by atoms with Gasteiger partial charge in [0.05, 0.1) is 19.3 Å². The minimum atomic E-state index is -4.40. The van der Waals surface area contributed by atoms with Gasteiger partial charge in [-0.1, -0.05) is 152 Å². The number of allylic oxidation sites excluding steroid dienone is 9. The largest absolute Gasteiger partial charge is 0.472 e. The van der Waals surface area contributed by atoms with Gasteiger partial charge >= 0.3 is 19.8 Å². The molecule has 0 aliphatic heterocycles. The number of hydrogen-bond acceptors (Lipinski definition) is 9. The molecule has 4 N–H and O–H groups in total. The van der Waals surface area contributed by atoms with E-state index in [2.05, 4.69) is 31.2 Å². The van der Waals surface area contributed by atoms with Gasteiger partial charge in [0.15, 0.2) is 6.10 Å². The van der Waals surface area contributed by atoms with Crippen molar-refractivity contribution in [2.75, 3.05) is 26.4 Å². The highest BCUT2D eigenvalue weighted by Gasteiger charge is 2.25. The van der Waals surface area contributed by atoms with Crippen LogP contribution in [0.4, 0.5) is 0 Å². The van der Waals surface area contributed by atoms with Gasteiger partial charge in [-0.05, 0) is 44.9 Å². The number of rotatable bonds is 36. The summed E-state index contributed by atoms with van der Waals surface area (Å²) in [5.74, 6) is -0.919. The standard InChI is InChI=1S/C41H72NO9P/c1-3-5-6-7-8-9-10-13-17-20-23-26-29-32-40(44)48-36-39(37-50-52(46,47)49-35-34-42)51-41(45)33-30-27-24-21-18-15-12-11-14-16-19-22-25-28-31-38(43)4-2/h12,14-16,21-22,24-25,28,31,38-39,43H,3-11,13,17-20,23,26-27,29-30,32-37,42H2,1-2H3,(H,46,47)/b15-12-,16-14-,24-21-,25-22-,31-28+. The summed E-state index contributed by atoms with van der Waals surface area (Å²) in [5.41, 5.74) is 5.33. The number of carbonyl (C=O) groups is 2. The van der Waals surface area contributed by atoms with Gasteiger partial charge in [0.2, 0.25) is 0 Å². The molecule has 0 amide bonds. The molecule has 0 heterocycles. The monoisotopic (exact) mass is 753 g/mol. The van der Waals surface area contributed by atoms with Crippen molar-refractivity contribution in [2.24, 2.45) is 5.73 Å². The van der Waals surface area contributed by atoms with Crippen molar-refractivity contribution in [1.82, 2.24) is 0 Å². The van der Waals surface area contributed by atoms with E-state index in [-0.39, 0.29) is 38.7 Å². The molecule has 0 spiro atoms. The molecule has 0 aliphatic carbocycles. The number of phosphoric ester groups is 1. The molecule has 0 rings (SSSR count). The van der Waals surface area contributed by atoms with Crippen molar-refractivity contribution in [3.05, 3.63) is 60.8 Å². The van der Waals surface area contributed by atoms with E-state index in [1.54, 1.807) is 6.08 Å². The molecule has 0 fully saturated rings. The SMILES string of the molecule is CCCCCCCCCCCCCCCC(=O)OCC(COP(=O)(O)OCCN)OC(=O)CCC/C=C\C/C=C\C/C=C\C/C=C\C=C\C(O)CC. The number of ether oxygens (including phenoxy) is 2. The van der Waals surface area contributed by atoms with Crippen LogP contribution in [0, 0.1) is 0 Å². The van der Waals surface area contributed by atoms with E-state index in [0.29, 0.717) is 19.3 Å². The van der Waals surface area contributed by atoms with Crippen LogP contribution in [0.15, 0.2) is 60.8 Å². The van der Waals surface area contributed by atoms with Crippen LogP contribution < -0.4 is 5.73 Å². The zero-order chi connectivity index (χ0) is 38.4. The number of hydrogen-bond donors (Lipinski definition) is 3. The lowest BCUT2D eigenvalue weighted by Gasteiger charge is -2.19. The van der Waals surface area contributed by atoms with Crippen molar-refractivity contribution in [3.8, 4) is 0 Å². The second-order valence-corrected chi connectivity index (χ2v) is 14.4. The Morgan fingerprint density at radius 3 is 1.79 bits per heavy atom. The Morgan fingerprint density at radius 1 is 0.673 bits per heavy atom. The molecular weight excluding hydrogens is 681 g/mol. The lowest BCUT2D eigenvalue weighted by Crippen LogP contribution is -2.29. The van der Waals surface area contributed by atoms with Gasteiger partial charge in [-0.15, -0.1) is 0 Å². The van der Waals surface area contributed by atoms with Crippen molar-refractivity contribution in [1.29, 1.82) is 0 Å². The van der Waals surface area contributed by atoms with E-state index in [0.717, 1.165) is 38.5 Å². The van der Waals surface area contributed by atoms with E-state index in [1.165, 1.54) is 64.2 Å². The minimum Gasteiger partial charge on any atom is -0.462 e. The van der Waals surface area contributed by atoms with Crippen LogP contribution in [0.3, 0.4) is 0 Å². The van der Waals surface area contributed by atoms with Crippen LogP contribution in [0.5, 0.6) is 0 Å². The van der Waals surface area contributed by atoms with Crippen molar-refractivity contribution in [3.63, 3.8) is 0 Å². The van der Waals surface area contributed by atoms with Crippen LogP contribution in [-0.2, 0) is 32.7 Å². The highest BCUT2D eigenvalue weighted by molar-refractivity contribution is 7.47.